The van der Waals surface area contributed by atoms with Gasteiger partial charge in [0.05, 0.1) is 0 Å². The summed E-state index contributed by atoms with van der Waals surface area (Å²) >= 11 is 0. The van der Waals surface area contributed by atoms with Crippen molar-refractivity contribution in [3.8, 4) is 11.5 Å². The normalized spacial score (nSPS) is 10.2. The molecule has 0 aliphatic rings. The second kappa shape index (κ2) is 9.52. The summed E-state index contributed by atoms with van der Waals surface area (Å²) in [6, 6.07) is 14.3. The molecule has 0 saturated heterocycles. The van der Waals surface area contributed by atoms with Crippen LogP contribution in [0.15, 0.2) is 48.5 Å². The Labute approximate surface area is 158 Å². The Morgan fingerprint density at radius 3 is 2.04 bits per heavy atom. The third-order valence-electron chi connectivity index (χ3n) is 3.83. The van der Waals surface area contributed by atoms with E-state index in [-0.39, 0.29) is 17.8 Å². The molecule has 2 aromatic carbocycles. The smallest absolute Gasteiger partial charge is 0.308 e. The van der Waals surface area contributed by atoms with Crippen molar-refractivity contribution in [1.29, 1.82) is 0 Å². The van der Waals surface area contributed by atoms with Gasteiger partial charge in [-0.25, -0.2) is 0 Å². The molecule has 0 atom stereocenters. The molecule has 0 aromatic heterocycles. The summed E-state index contributed by atoms with van der Waals surface area (Å²) < 4.78 is 10.1. The molecular formula is C21H23NO5. The third kappa shape index (κ3) is 6.93. The van der Waals surface area contributed by atoms with Crippen molar-refractivity contribution in [1.82, 2.24) is 4.90 Å². The summed E-state index contributed by atoms with van der Waals surface area (Å²) in [4.78, 5) is 35.8. The van der Waals surface area contributed by atoms with Crippen molar-refractivity contribution < 1.29 is 23.9 Å². The van der Waals surface area contributed by atoms with E-state index in [9.17, 15) is 14.4 Å². The van der Waals surface area contributed by atoms with Crippen LogP contribution in [0.4, 0.5) is 0 Å². The lowest BCUT2D eigenvalue weighted by Gasteiger charge is -2.21. The van der Waals surface area contributed by atoms with Gasteiger partial charge < -0.3 is 14.4 Å². The maximum absolute atomic E-state index is 12.0. The van der Waals surface area contributed by atoms with Crippen LogP contribution in [0.25, 0.3) is 0 Å². The van der Waals surface area contributed by atoms with Crippen molar-refractivity contribution in [2.75, 3.05) is 6.54 Å². The van der Waals surface area contributed by atoms with Gasteiger partial charge >= 0.3 is 11.9 Å². The molecule has 0 aliphatic heterocycles. The lowest BCUT2D eigenvalue weighted by Crippen LogP contribution is -2.30. The van der Waals surface area contributed by atoms with Crippen molar-refractivity contribution in [3.05, 3.63) is 59.7 Å². The van der Waals surface area contributed by atoms with E-state index in [1.807, 2.05) is 18.2 Å². The van der Waals surface area contributed by atoms with Gasteiger partial charge in [-0.2, -0.15) is 0 Å². The van der Waals surface area contributed by atoms with E-state index in [1.54, 1.807) is 35.2 Å². The Bertz CT molecular complexity index is 814. The van der Waals surface area contributed by atoms with Crippen LogP contribution in [0.3, 0.4) is 0 Å². The number of benzene rings is 2. The van der Waals surface area contributed by atoms with Crippen molar-refractivity contribution >= 4 is 17.8 Å². The van der Waals surface area contributed by atoms with Gasteiger partial charge in [0.15, 0.2) is 0 Å². The molecule has 142 valence electrons. The van der Waals surface area contributed by atoms with E-state index in [2.05, 4.69) is 0 Å². The number of hydrogen-bond donors (Lipinski definition) is 0. The maximum Gasteiger partial charge on any atom is 0.308 e. The van der Waals surface area contributed by atoms with Gasteiger partial charge in [-0.15, -0.1) is 0 Å². The number of carbonyl (C=O) groups excluding carboxylic acids is 3. The van der Waals surface area contributed by atoms with Crippen molar-refractivity contribution in [2.45, 2.75) is 33.7 Å². The highest BCUT2D eigenvalue weighted by Crippen LogP contribution is 2.17. The van der Waals surface area contributed by atoms with Crippen LogP contribution in [-0.4, -0.2) is 29.3 Å². The first kappa shape index (κ1) is 20.2. The molecule has 27 heavy (non-hydrogen) atoms. The average molecular weight is 369 g/mol. The highest BCUT2D eigenvalue weighted by molar-refractivity contribution is 5.73. The Kier molecular flexibility index (Phi) is 7.11. The standard InChI is InChI=1S/C21H23NO5/c1-15(23)22(14-19-5-4-6-21(13-19)27-17(3)25)12-11-18-7-9-20(10-8-18)26-16(2)24/h4-10,13H,11-12,14H2,1-3H3. The molecule has 0 N–H and O–H groups in total. The molecular weight excluding hydrogens is 346 g/mol. The SMILES string of the molecule is CC(=O)Oc1ccc(CCN(Cc2cccc(OC(C)=O)c2)C(C)=O)cc1. The van der Waals surface area contributed by atoms with Crippen LogP contribution in [0.5, 0.6) is 11.5 Å². The summed E-state index contributed by atoms with van der Waals surface area (Å²) in [5.74, 6) is 0.181. The first-order valence-electron chi connectivity index (χ1n) is 8.63. The monoisotopic (exact) mass is 369 g/mol. The van der Waals surface area contributed by atoms with Gasteiger partial charge in [0.1, 0.15) is 11.5 Å². The number of esters is 2. The largest absolute Gasteiger partial charge is 0.427 e. The van der Waals surface area contributed by atoms with Gasteiger partial charge in [0, 0.05) is 33.9 Å². The molecule has 6 heteroatoms. The van der Waals surface area contributed by atoms with Crippen molar-refractivity contribution in [2.24, 2.45) is 0 Å². The zero-order valence-electron chi connectivity index (χ0n) is 15.7. The van der Waals surface area contributed by atoms with E-state index in [1.165, 1.54) is 20.8 Å². The zero-order chi connectivity index (χ0) is 19.8. The number of rotatable bonds is 7. The molecule has 1 amide bonds. The summed E-state index contributed by atoms with van der Waals surface area (Å²) in [6.07, 6.45) is 0.670. The Balaban J connectivity index is 1.98. The topological polar surface area (TPSA) is 72.9 Å². The number of hydrogen-bond acceptors (Lipinski definition) is 5. The third-order valence-corrected chi connectivity index (χ3v) is 3.83. The van der Waals surface area contributed by atoms with Gasteiger partial charge in [-0.3, -0.25) is 14.4 Å². The van der Waals surface area contributed by atoms with E-state index < -0.39 is 0 Å². The minimum Gasteiger partial charge on any atom is -0.427 e. The molecule has 0 aliphatic carbocycles. The van der Waals surface area contributed by atoms with Crippen LogP contribution in [0.2, 0.25) is 0 Å². The lowest BCUT2D eigenvalue weighted by molar-refractivity contribution is -0.132. The van der Waals surface area contributed by atoms with E-state index in [0.29, 0.717) is 31.0 Å². The second-order valence-electron chi connectivity index (χ2n) is 6.17. The second-order valence-corrected chi connectivity index (χ2v) is 6.17. The molecule has 2 aromatic rings. The lowest BCUT2D eigenvalue weighted by atomic mass is 10.1. The molecule has 0 fully saturated rings. The Morgan fingerprint density at radius 1 is 0.815 bits per heavy atom. The molecule has 0 spiro atoms. The summed E-state index contributed by atoms with van der Waals surface area (Å²) in [5.41, 5.74) is 1.92. The number of ether oxygens (including phenoxy) is 2. The Morgan fingerprint density at radius 2 is 1.44 bits per heavy atom. The van der Waals surface area contributed by atoms with E-state index >= 15 is 0 Å². The molecule has 0 unspecified atom stereocenters. The fraction of sp³-hybridized carbons (Fsp3) is 0.286. The first-order valence-corrected chi connectivity index (χ1v) is 8.63. The zero-order valence-corrected chi connectivity index (χ0v) is 15.7. The van der Waals surface area contributed by atoms with Gasteiger partial charge in [0.2, 0.25) is 5.91 Å². The number of nitrogens with zero attached hydrogens (tertiary/aromatic N) is 1. The fourth-order valence-corrected chi connectivity index (χ4v) is 2.60. The highest BCUT2D eigenvalue weighted by atomic mass is 16.5. The number of amides is 1. The predicted molar refractivity (Wildman–Crippen MR) is 100 cm³/mol. The average Bonchev–Trinajstić information content (AvgIpc) is 2.59. The molecule has 0 saturated carbocycles. The molecule has 0 bridgehead atoms. The maximum atomic E-state index is 12.0. The van der Waals surface area contributed by atoms with Gasteiger partial charge in [-0.05, 0) is 41.8 Å². The molecule has 0 heterocycles. The van der Waals surface area contributed by atoms with Crippen LogP contribution >= 0.6 is 0 Å². The minimum atomic E-state index is -0.382. The fourth-order valence-electron chi connectivity index (χ4n) is 2.60. The van der Waals surface area contributed by atoms with Gasteiger partial charge in [0.25, 0.3) is 0 Å². The Hall–Kier alpha value is -3.15. The van der Waals surface area contributed by atoms with Crippen LogP contribution in [0, 0.1) is 0 Å². The first-order chi connectivity index (χ1) is 12.8. The molecule has 6 nitrogen and oxygen atoms in total. The van der Waals surface area contributed by atoms with E-state index in [4.69, 9.17) is 9.47 Å². The van der Waals surface area contributed by atoms with Crippen LogP contribution < -0.4 is 9.47 Å². The summed E-state index contributed by atoms with van der Waals surface area (Å²) in [5, 5.41) is 0. The van der Waals surface area contributed by atoms with E-state index in [0.717, 1.165) is 11.1 Å². The molecule has 0 radical (unpaired) electrons. The van der Waals surface area contributed by atoms with Crippen LogP contribution in [0.1, 0.15) is 31.9 Å². The number of carbonyl (C=O) groups is 3. The van der Waals surface area contributed by atoms with Gasteiger partial charge in [-0.1, -0.05) is 24.3 Å². The summed E-state index contributed by atoms with van der Waals surface area (Å²) in [7, 11) is 0. The quantitative estimate of drug-likeness (QED) is 0.554. The predicted octanol–water partition coefficient (Wildman–Crippen LogP) is 3.13. The van der Waals surface area contributed by atoms with Crippen molar-refractivity contribution in [3.63, 3.8) is 0 Å². The van der Waals surface area contributed by atoms with Crippen LogP contribution in [-0.2, 0) is 27.3 Å². The highest BCUT2D eigenvalue weighted by Gasteiger charge is 2.11. The summed E-state index contributed by atoms with van der Waals surface area (Å²) in [6.45, 7) is 5.20. The molecule has 2 rings (SSSR count). The minimum absolute atomic E-state index is 0.0376.